The van der Waals surface area contributed by atoms with Gasteiger partial charge in [0, 0.05) is 6.54 Å². The minimum atomic E-state index is -0.770. The molecule has 1 aromatic heterocycles. The second-order valence-electron chi connectivity index (χ2n) is 5.08. The van der Waals surface area contributed by atoms with E-state index in [4.69, 9.17) is 5.73 Å². The summed E-state index contributed by atoms with van der Waals surface area (Å²) in [7, 11) is 0. The molecule has 5 N–H and O–H groups in total. The molecule has 1 fully saturated rings. The van der Waals surface area contributed by atoms with Crippen molar-refractivity contribution < 1.29 is 9.90 Å². The van der Waals surface area contributed by atoms with Gasteiger partial charge in [0.25, 0.3) is 5.91 Å². The Kier molecular flexibility index (Phi) is 3.56. The van der Waals surface area contributed by atoms with Crippen LogP contribution in [0.5, 0.6) is 0 Å². The Balaban J connectivity index is 1.94. The van der Waals surface area contributed by atoms with Gasteiger partial charge in [-0.3, -0.25) is 9.89 Å². The molecule has 1 saturated carbocycles. The van der Waals surface area contributed by atoms with Crippen molar-refractivity contribution in [2.24, 2.45) is 0 Å². The number of aryl methyl sites for hydroxylation is 1. The predicted octanol–water partition coefficient (Wildman–Crippen LogP) is 0.725. The number of aromatic nitrogens is 2. The number of anilines is 1. The largest absolute Gasteiger partial charge is 0.395 e. The van der Waals surface area contributed by atoms with E-state index in [1.807, 2.05) is 0 Å². The SMILES string of the molecule is Cc1[nH]nc(C(=O)NCC2(O)CCCCC2)c1N. The van der Waals surface area contributed by atoms with Gasteiger partial charge in [-0.2, -0.15) is 5.10 Å². The van der Waals surface area contributed by atoms with E-state index >= 15 is 0 Å². The summed E-state index contributed by atoms with van der Waals surface area (Å²) in [4.78, 5) is 11.9. The number of carbonyl (C=O) groups excluding carboxylic acids is 1. The number of nitrogens with one attached hydrogen (secondary N) is 2. The minimum absolute atomic E-state index is 0.201. The molecule has 0 bridgehead atoms. The number of rotatable bonds is 3. The van der Waals surface area contributed by atoms with Gasteiger partial charge in [0.2, 0.25) is 0 Å². The third-order valence-corrected chi connectivity index (χ3v) is 3.57. The lowest BCUT2D eigenvalue weighted by Gasteiger charge is -2.31. The summed E-state index contributed by atoms with van der Waals surface area (Å²) in [6.45, 7) is 2.02. The molecule has 18 heavy (non-hydrogen) atoms. The zero-order valence-electron chi connectivity index (χ0n) is 10.6. The normalized spacial score (nSPS) is 18.6. The summed E-state index contributed by atoms with van der Waals surface area (Å²) in [6.07, 6.45) is 4.65. The van der Waals surface area contributed by atoms with E-state index in [2.05, 4.69) is 15.5 Å². The van der Waals surface area contributed by atoms with Crippen LogP contribution in [-0.2, 0) is 0 Å². The highest BCUT2D eigenvalue weighted by Gasteiger charge is 2.30. The molecule has 1 aromatic rings. The Morgan fingerprint density at radius 3 is 2.72 bits per heavy atom. The van der Waals surface area contributed by atoms with Crippen LogP contribution >= 0.6 is 0 Å². The number of nitrogen functional groups attached to an aromatic ring is 1. The number of nitrogens with zero attached hydrogens (tertiary/aromatic N) is 1. The maximum atomic E-state index is 11.9. The van der Waals surface area contributed by atoms with E-state index < -0.39 is 5.60 Å². The molecule has 0 radical (unpaired) electrons. The Bertz CT molecular complexity index is 435. The Morgan fingerprint density at radius 2 is 2.17 bits per heavy atom. The van der Waals surface area contributed by atoms with Crippen LogP contribution < -0.4 is 11.1 Å². The Hall–Kier alpha value is -1.56. The molecule has 0 saturated heterocycles. The highest BCUT2D eigenvalue weighted by Crippen LogP contribution is 2.27. The molecule has 100 valence electrons. The number of nitrogens with two attached hydrogens (primary N) is 1. The maximum Gasteiger partial charge on any atom is 0.274 e. The van der Waals surface area contributed by atoms with Crippen molar-refractivity contribution in [3.8, 4) is 0 Å². The number of aromatic amines is 1. The molecule has 6 nitrogen and oxygen atoms in total. The first-order valence-corrected chi connectivity index (χ1v) is 6.33. The molecule has 1 amide bonds. The molecule has 1 aliphatic rings. The summed E-state index contributed by atoms with van der Waals surface area (Å²) in [6, 6.07) is 0. The molecule has 0 spiro atoms. The van der Waals surface area contributed by atoms with Gasteiger partial charge in [-0.05, 0) is 19.8 Å². The summed E-state index contributed by atoms with van der Waals surface area (Å²) < 4.78 is 0. The molecule has 2 rings (SSSR count). The number of aliphatic hydroxyl groups is 1. The number of carbonyl (C=O) groups is 1. The summed E-state index contributed by atoms with van der Waals surface area (Å²) >= 11 is 0. The van der Waals surface area contributed by atoms with E-state index in [-0.39, 0.29) is 18.1 Å². The van der Waals surface area contributed by atoms with E-state index in [1.54, 1.807) is 6.92 Å². The predicted molar refractivity (Wildman–Crippen MR) is 68.1 cm³/mol. The van der Waals surface area contributed by atoms with Gasteiger partial charge in [0.1, 0.15) is 0 Å². The van der Waals surface area contributed by atoms with Gasteiger partial charge >= 0.3 is 0 Å². The molecule has 1 heterocycles. The summed E-state index contributed by atoms with van der Waals surface area (Å²) in [5.41, 5.74) is 6.20. The summed E-state index contributed by atoms with van der Waals surface area (Å²) in [5, 5.41) is 19.5. The smallest absolute Gasteiger partial charge is 0.274 e. The first-order chi connectivity index (χ1) is 8.52. The second kappa shape index (κ2) is 4.97. The van der Waals surface area contributed by atoms with Crippen molar-refractivity contribution in [2.75, 3.05) is 12.3 Å². The van der Waals surface area contributed by atoms with Gasteiger partial charge in [-0.1, -0.05) is 19.3 Å². The van der Waals surface area contributed by atoms with Gasteiger partial charge in [-0.25, -0.2) is 0 Å². The molecular weight excluding hydrogens is 232 g/mol. The average Bonchev–Trinajstić information content (AvgIpc) is 2.68. The van der Waals surface area contributed by atoms with Crippen LogP contribution in [0.25, 0.3) is 0 Å². The third kappa shape index (κ3) is 2.64. The standard InChI is InChI=1S/C12H20N4O2/c1-8-9(13)10(16-15-8)11(17)14-7-12(18)5-3-2-4-6-12/h18H,2-7,13H2,1H3,(H,14,17)(H,15,16). The van der Waals surface area contributed by atoms with E-state index in [0.717, 1.165) is 32.1 Å². The van der Waals surface area contributed by atoms with Crippen LogP contribution in [0.2, 0.25) is 0 Å². The van der Waals surface area contributed by atoms with Gasteiger partial charge < -0.3 is 16.2 Å². The van der Waals surface area contributed by atoms with E-state index in [9.17, 15) is 9.90 Å². The van der Waals surface area contributed by atoms with Gasteiger partial charge in [0.05, 0.1) is 17.0 Å². The topological polar surface area (TPSA) is 104 Å². The van der Waals surface area contributed by atoms with Crippen molar-refractivity contribution in [3.63, 3.8) is 0 Å². The molecule has 0 atom stereocenters. The van der Waals surface area contributed by atoms with E-state index in [0.29, 0.717) is 11.4 Å². The highest BCUT2D eigenvalue weighted by molar-refractivity contribution is 5.97. The van der Waals surface area contributed by atoms with Crippen LogP contribution in [-0.4, -0.2) is 33.4 Å². The first-order valence-electron chi connectivity index (χ1n) is 6.33. The van der Waals surface area contributed by atoms with Crippen LogP contribution in [0.3, 0.4) is 0 Å². The maximum absolute atomic E-state index is 11.9. The zero-order valence-corrected chi connectivity index (χ0v) is 10.6. The van der Waals surface area contributed by atoms with Crippen molar-refractivity contribution in [1.29, 1.82) is 0 Å². The van der Waals surface area contributed by atoms with Crippen molar-refractivity contribution in [2.45, 2.75) is 44.6 Å². The fourth-order valence-corrected chi connectivity index (χ4v) is 2.33. The lowest BCUT2D eigenvalue weighted by molar-refractivity contribution is 0.00522. The van der Waals surface area contributed by atoms with Crippen molar-refractivity contribution in [3.05, 3.63) is 11.4 Å². The number of hydrogen-bond donors (Lipinski definition) is 4. The zero-order chi connectivity index (χ0) is 13.2. The van der Waals surface area contributed by atoms with Crippen LogP contribution in [0.15, 0.2) is 0 Å². The third-order valence-electron chi connectivity index (χ3n) is 3.57. The van der Waals surface area contributed by atoms with Crippen LogP contribution in [0, 0.1) is 6.92 Å². The van der Waals surface area contributed by atoms with Crippen molar-refractivity contribution >= 4 is 11.6 Å². The van der Waals surface area contributed by atoms with Gasteiger partial charge in [0.15, 0.2) is 5.69 Å². The Morgan fingerprint density at radius 1 is 1.50 bits per heavy atom. The molecular formula is C12H20N4O2. The fourth-order valence-electron chi connectivity index (χ4n) is 2.33. The highest BCUT2D eigenvalue weighted by atomic mass is 16.3. The van der Waals surface area contributed by atoms with Gasteiger partial charge in [-0.15, -0.1) is 0 Å². The number of H-pyrrole nitrogens is 1. The molecule has 0 aromatic carbocycles. The molecule has 1 aliphatic carbocycles. The lowest BCUT2D eigenvalue weighted by Crippen LogP contribution is -2.44. The summed E-state index contributed by atoms with van der Waals surface area (Å²) in [5.74, 6) is -0.337. The molecule has 0 unspecified atom stereocenters. The first kappa shape index (κ1) is 12.9. The van der Waals surface area contributed by atoms with Crippen LogP contribution in [0.1, 0.15) is 48.3 Å². The quantitative estimate of drug-likeness (QED) is 0.636. The molecule has 6 heteroatoms. The monoisotopic (exact) mass is 252 g/mol. The van der Waals surface area contributed by atoms with Crippen LogP contribution in [0.4, 0.5) is 5.69 Å². The minimum Gasteiger partial charge on any atom is -0.395 e. The fraction of sp³-hybridized carbons (Fsp3) is 0.667. The number of hydrogen-bond acceptors (Lipinski definition) is 4. The lowest BCUT2D eigenvalue weighted by atomic mass is 9.85. The Labute approximate surface area is 106 Å². The molecule has 0 aliphatic heterocycles. The average molecular weight is 252 g/mol. The van der Waals surface area contributed by atoms with Crippen molar-refractivity contribution in [1.82, 2.24) is 15.5 Å². The van der Waals surface area contributed by atoms with E-state index in [1.165, 1.54) is 0 Å². The number of amides is 1. The second-order valence-corrected chi connectivity index (χ2v) is 5.08.